The second-order valence-corrected chi connectivity index (χ2v) is 38.0. The molecule has 12 amide bonds. The average molecular weight is 1790 g/mol. The van der Waals surface area contributed by atoms with E-state index in [4.69, 9.17) is 78.1 Å². The highest BCUT2D eigenvalue weighted by Crippen LogP contribution is 2.47. The van der Waals surface area contributed by atoms with E-state index >= 15 is 0 Å². The van der Waals surface area contributed by atoms with Gasteiger partial charge in [0.25, 0.3) is 0 Å². The number of guanidine groups is 4. The van der Waals surface area contributed by atoms with Gasteiger partial charge in [-0.25, -0.2) is 28.8 Å². The number of carbonyl (C=O) groups excluding carboxylic acids is 6. The van der Waals surface area contributed by atoms with E-state index in [1.807, 2.05) is 136 Å². The number of nitrogens with zero attached hydrogens (tertiary/aromatic N) is 22. The highest BCUT2D eigenvalue weighted by molar-refractivity contribution is 5.82. The summed E-state index contributed by atoms with van der Waals surface area (Å²) in [5.41, 5.74) is 43.2. The fraction of sp³-hybridized carbons (Fsp3) is 0.671. The van der Waals surface area contributed by atoms with Crippen LogP contribution in [0.1, 0.15) is 226 Å². The lowest BCUT2D eigenvalue weighted by atomic mass is 9.79. The summed E-state index contributed by atoms with van der Waals surface area (Å²) in [6, 6.07) is 15.3. The molecule has 12 bridgehead atoms. The highest BCUT2D eigenvalue weighted by atomic mass is 16.5. The number of hydrogen-bond acceptors (Lipinski definition) is 24. The molecule has 0 spiro atoms. The smallest absolute Gasteiger partial charge is 0.320 e. The van der Waals surface area contributed by atoms with Crippen molar-refractivity contribution < 1.29 is 55.9 Å². The molecule has 0 radical (unpaired) electrons. The van der Waals surface area contributed by atoms with E-state index in [0.717, 1.165) is 257 Å². The van der Waals surface area contributed by atoms with Gasteiger partial charge in [-0.1, -0.05) is 30.9 Å². The van der Waals surface area contributed by atoms with Gasteiger partial charge in [0.05, 0.1) is 85.1 Å². The number of aromatic nitrogens is 6. The van der Waals surface area contributed by atoms with Crippen LogP contribution in [0.5, 0.6) is 0 Å². The van der Waals surface area contributed by atoms with Gasteiger partial charge < -0.3 is 141 Å². The maximum absolute atomic E-state index is 12.3. The molecule has 6 aromatic rings. The second-order valence-electron chi connectivity index (χ2n) is 38.0. The molecule has 14 saturated heterocycles. The van der Waals surface area contributed by atoms with Gasteiger partial charge in [0.2, 0.25) is 0 Å². The van der Waals surface area contributed by atoms with Crippen molar-refractivity contribution in [1.29, 1.82) is 10.8 Å². The molecule has 2 saturated carbocycles. The van der Waals surface area contributed by atoms with Gasteiger partial charge in [0.15, 0.2) is 29.6 Å². The molecule has 6 aromatic heterocycles. The number of likely N-dealkylation sites (tertiary alicyclic amines) is 1. The van der Waals surface area contributed by atoms with Crippen LogP contribution in [-0.2, 0) is 25.8 Å². The van der Waals surface area contributed by atoms with E-state index in [-0.39, 0.29) is 102 Å². The first-order chi connectivity index (χ1) is 61.9. The minimum Gasteiger partial charge on any atom is -0.370 e. The van der Waals surface area contributed by atoms with Gasteiger partial charge in [-0.15, -0.1) is 0 Å². The Hall–Kier alpha value is -12.1. The first kappa shape index (κ1) is 88.9. The van der Waals surface area contributed by atoms with Gasteiger partial charge in [-0.05, 0) is 128 Å². The first-order valence-corrected chi connectivity index (χ1v) is 45.6. The van der Waals surface area contributed by atoms with Crippen LogP contribution in [0.4, 0.5) is 28.8 Å². The summed E-state index contributed by atoms with van der Waals surface area (Å²) in [7, 11) is 13.0. The molecule has 22 rings (SSSR count). The van der Waals surface area contributed by atoms with Gasteiger partial charge in [-0.2, -0.15) is 0 Å². The maximum Gasteiger partial charge on any atom is 0.320 e. The predicted molar refractivity (Wildman–Crippen MR) is 467 cm³/mol. The molecule has 20 heterocycles. The summed E-state index contributed by atoms with van der Waals surface area (Å²) in [6.45, 7) is 9.46. The average Bonchev–Trinajstić information content (AvgIpc) is 1.65. The van der Waals surface area contributed by atoms with Crippen LogP contribution in [0.3, 0.4) is 0 Å². The molecule has 16 aliphatic rings. The van der Waals surface area contributed by atoms with Crippen molar-refractivity contribution in [1.82, 2.24) is 105 Å². The molecule has 0 aromatic carbocycles. The standard InChI is InChI=1S/2C15H22N6O2.C14H22N6O2.2C14H20N4O2.C13H20N6O2/c1-19-10-2-3-13(21(8-10)15(19)22)12-5-11(23-18-12)4-9-6-20(7-9)14(16)17;1-20-10-2-3-12(21(7-10)15(20)22)11-6-13(23-19-11)8-4-9(5-8)18-14(16)17;1-19-9-4-5-12(20(8-9)14(19)21)11-7-10(22-18-11)3-2-6-17-13(15)16;1-17-10-2-3-13(18(8-10)14(17)19)12-5-11(20-16-12)4-9-6-15-7-9;1-17-10-2-3-12(18(7-10)14(17)19)11-6-13(20-16-11)8-4-9(15)5-8;1-17(12(14)15)7-9-5-10(16-21-9)11-4-3-8-6-19(11)13(20)18(8)2/h5,9-10,13H,2-4,6-8H2,1H3,(H3,16,17);6,8-10,12H,2-5,7H2,1H3,(H4,16,17,18);7,9,12H,2-6,8H2,1H3,(H4,15,16,17);5,9-10,13,15H,2-4,6-8H2,1H3;6,8-10,12H,2-5,7,15H2,1H3;5,8,11H,3-4,6-7H2,1-2H3,(H3,14,15)/t10-,13+;8?,9?,10-,12+;9-,12+;10-,13+;8?,9?,10-,12+;8-,11+/m111111/s1. The highest BCUT2D eigenvalue weighted by Gasteiger charge is 2.51. The number of aliphatic imine (C=N–C) groups is 2. The van der Waals surface area contributed by atoms with E-state index in [1.54, 1.807) is 11.9 Å². The largest absolute Gasteiger partial charge is 0.370 e. The molecule has 12 atom stereocenters. The van der Waals surface area contributed by atoms with Crippen molar-refractivity contribution in [3.63, 3.8) is 0 Å². The molecule has 129 heavy (non-hydrogen) atoms. The number of urea groups is 6. The predicted octanol–water partition coefficient (Wildman–Crippen LogP) is 4.86. The quantitative estimate of drug-likeness (QED) is 0.0294. The van der Waals surface area contributed by atoms with Gasteiger partial charge >= 0.3 is 36.2 Å². The Kier molecular flexibility index (Phi) is 25.6. The zero-order valence-electron chi connectivity index (χ0n) is 74.8. The van der Waals surface area contributed by atoms with Crippen molar-refractivity contribution in [2.75, 3.05) is 121 Å². The first-order valence-electron chi connectivity index (χ1n) is 45.6. The lowest BCUT2D eigenvalue weighted by Gasteiger charge is -2.39. The number of piperidine rings is 6. The summed E-state index contributed by atoms with van der Waals surface area (Å²) in [5, 5.41) is 43.1. The summed E-state index contributed by atoms with van der Waals surface area (Å²) in [5.74, 6) is 7.28. The maximum atomic E-state index is 12.3. The number of carbonyl (C=O) groups is 6. The lowest BCUT2D eigenvalue weighted by Crippen LogP contribution is -2.53. The molecule has 44 heteroatoms. The number of amides is 12. The minimum atomic E-state index is -0.0233. The normalized spacial score (nSPS) is 29.1. The minimum absolute atomic E-state index is 0.0150. The van der Waals surface area contributed by atoms with E-state index in [1.165, 1.54) is 0 Å². The Labute approximate surface area is 748 Å². The number of nitrogens with one attached hydrogen (secondary N) is 3. The number of nitrogens with two attached hydrogens (primary N) is 7. The van der Waals surface area contributed by atoms with Gasteiger partial charge in [-0.3, -0.25) is 20.8 Å². The van der Waals surface area contributed by atoms with Crippen molar-refractivity contribution in [2.45, 2.75) is 231 Å². The molecule has 0 unspecified atom stereocenters. The van der Waals surface area contributed by atoms with Crippen LogP contribution in [0, 0.1) is 22.7 Å². The van der Waals surface area contributed by atoms with Gasteiger partial charge in [0.1, 0.15) is 63.0 Å². The molecular weight excluding hydrogens is 1660 g/mol. The lowest BCUT2D eigenvalue weighted by molar-refractivity contribution is 0.171. The Morgan fingerprint density at radius 2 is 0.736 bits per heavy atom. The fourth-order valence-corrected chi connectivity index (χ4v) is 21.3. The SMILES string of the molecule is CN(Cc1cc([C@@H]2CC[C@@H]3CN2C(=O)N3C)no1)C(=N)N.CN1C(=O)N2C[C@H]1CC[C@H]2c1cc(C2CC(N)C2)on1.CN1C(=O)N2C[C@H]1CC[C@H]2c1cc(C2CC(N=C(N)N)C2)on1.CN1C(=O)N2C[C@H]1CC[C@H]2c1cc(CC2CN(C(=N)N)C2)on1.CN1C(=O)N2C[C@H]1CC[C@H]2c1cc(CC2CNC2)on1.CN1C(=O)N2C[C@H]1CC[C@H]2c1cc(CCCN=C(N)N)on1. The third kappa shape index (κ3) is 18.5. The number of likely N-dealkylation sites (N-methyl/N-ethyl adjacent to an activating group) is 6. The molecule has 14 aliphatic heterocycles. The summed E-state index contributed by atoms with van der Waals surface area (Å²) < 4.78 is 32.7. The van der Waals surface area contributed by atoms with Crippen molar-refractivity contribution in [3.8, 4) is 0 Å². The zero-order valence-corrected chi connectivity index (χ0v) is 74.8. The second kappa shape index (κ2) is 37.2. The van der Waals surface area contributed by atoms with E-state index < -0.39 is 0 Å². The Morgan fingerprint density at radius 3 is 1.06 bits per heavy atom. The zero-order chi connectivity index (χ0) is 90.7. The number of hydrogen-bond donors (Lipinski definition) is 10. The third-order valence-corrected chi connectivity index (χ3v) is 29.6. The number of fused-ring (bicyclic) bond motifs is 12. The van der Waals surface area contributed by atoms with Crippen LogP contribution in [0.15, 0.2) is 73.5 Å². The number of aryl methyl sites for hydroxylation is 1. The molecule has 44 nitrogen and oxygen atoms in total. The number of rotatable bonds is 19. The van der Waals surface area contributed by atoms with Crippen molar-refractivity contribution >= 4 is 60.0 Å². The Balaban J connectivity index is 0.000000109. The van der Waals surface area contributed by atoms with E-state index in [9.17, 15) is 28.8 Å². The third-order valence-electron chi connectivity index (χ3n) is 29.6. The van der Waals surface area contributed by atoms with E-state index in [0.29, 0.717) is 84.8 Å². The van der Waals surface area contributed by atoms with Crippen LogP contribution in [0.2, 0.25) is 0 Å². The molecular formula is C85H126N32O12. The van der Waals surface area contributed by atoms with Crippen LogP contribution >= 0.6 is 0 Å². The molecule has 698 valence electrons. The van der Waals surface area contributed by atoms with E-state index in [2.05, 4.69) is 52.3 Å². The Morgan fingerprint density at radius 1 is 0.419 bits per heavy atom. The fourth-order valence-electron chi connectivity index (χ4n) is 21.3. The molecule has 17 N–H and O–H groups in total. The van der Waals surface area contributed by atoms with Crippen molar-refractivity contribution in [3.05, 3.63) is 105 Å². The summed E-state index contributed by atoms with van der Waals surface area (Å²) in [4.78, 5) is 107. The monoisotopic (exact) mass is 1790 g/mol. The molecule has 16 fully saturated rings. The summed E-state index contributed by atoms with van der Waals surface area (Å²) >= 11 is 0. The van der Waals surface area contributed by atoms with Crippen LogP contribution < -0.4 is 45.5 Å². The molecule has 2 aliphatic carbocycles. The topological polar surface area (TPSA) is 571 Å². The van der Waals surface area contributed by atoms with Crippen molar-refractivity contribution in [2.24, 2.45) is 62.0 Å². The Bertz CT molecular complexity index is 5090. The van der Waals surface area contributed by atoms with Crippen LogP contribution in [0.25, 0.3) is 0 Å². The van der Waals surface area contributed by atoms with Gasteiger partial charge in [0, 0.05) is 188 Å². The summed E-state index contributed by atoms with van der Waals surface area (Å²) in [6.07, 6.45) is 18.8. The van der Waals surface area contributed by atoms with Crippen LogP contribution in [-0.4, -0.2) is 329 Å².